The molecule has 10 heteroatoms. The monoisotopic (exact) mass is 387 g/mol. The molecule has 3 rings (SSSR count). The zero-order valence-electron chi connectivity index (χ0n) is 12.1. The standard InChI is InChI=1S/C14H11ClFN3O3S2/c15-9-2-1-8(5-10(9)16)19-11-6-24(21,22)7-12(11)23-14(19)18-13(20)3-4-17/h1-2,5,11-12H,3,6-7H2/t11-,12+/m0/s1. The van der Waals surface area contributed by atoms with Gasteiger partial charge in [0.15, 0.2) is 15.0 Å². The van der Waals surface area contributed by atoms with Crippen molar-refractivity contribution in [3.8, 4) is 6.07 Å². The van der Waals surface area contributed by atoms with Crippen molar-refractivity contribution in [1.82, 2.24) is 0 Å². The molecule has 0 unspecified atom stereocenters. The number of hydrogen-bond acceptors (Lipinski definition) is 5. The van der Waals surface area contributed by atoms with Crippen LogP contribution in [0.25, 0.3) is 0 Å². The lowest BCUT2D eigenvalue weighted by atomic mass is 10.2. The molecule has 24 heavy (non-hydrogen) atoms. The second-order valence-electron chi connectivity index (χ2n) is 5.39. The second-order valence-corrected chi connectivity index (χ2v) is 9.16. The SMILES string of the molecule is N#CCC(=O)N=C1S[C@@H]2CS(=O)(=O)C[C@@H]2N1c1ccc(Cl)c(F)c1. The number of halogens is 2. The fraction of sp³-hybridized carbons (Fsp3) is 0.357. The van der Waals surface area contributed by atoms with Gasteiger partial charge in [-0.3, -0.25) is 4.79 Å². The highest BCUT2D eigenvalue weighted by molar-refractivity contribution is 8.16. The summed E-state index contributed by atoms with van der Waals surface area (Å²) in [5, 5.41) is 8.52. The summed E-state index contributed by atoms with van der Waals surface area (Å²) in [5.41, 5.74) is 0.373. The van der Waals surface area contributed by atoms with Crippen molar-refractivity contribution < 1.29 is 17.6 Å². The maximum atomic E-state index is 13.8. The van der Waals surface area contributed by atoms with E-state index < -0.39 is 27.6 Å². The molecular weight excluding hydrogens is 377 g/mol. The van der Waals surface area contributed by atoms with Crippen LogP contribution in [-0.4, -0.2) is 42.3 Å². The number of sulfone groups is 1. The highest BCUT2D eigenvalue weighted by atomic mass is 35.5. The van der Waals surface area contributed by atoms with Crippen molar-refractivity contribution in [1.29, 1.82) is 5.26 Å². The number of nitrogens with zero attached hydrogens (tertiary/aromatic N) is 3. The molecule has 1 amide bonds. The lowest BCUT2D eigenvalue weighted by Crippen LogP contribution is -2.37. The molecule has 2 saturated heterocycles. The number of amides is 1. The maximum Gasteiger partial charge on any atom is 0.262 e. The maximum absolute atomic E-state index is 13.8. The number of fused-ring (bicyclic) bond motifs is 1. The molecule has 126 valence electrons. The van der Waals surface area contributed by atoms with Crippen LogP contribution in [0.4, 0.5) is 10.1 Å². The van der Waals surface area contributed by atoms with E-state index in [9.17, 15) is 17.6 Å². The third kappa shape index (κ3) is 3.27. The van der Waals surface area contributed by atoms with Crippen molar-refractivity contribution in [2.75, 3.05) is 16.4 Å². The molecule has 0 aliphatic carbocycles. The van der Waals surface area contributed by atoms with E-state index in [0.29, 0.717) is 5.69 Å². The number of thioether (sulfide) groups is 1. The third-order valence-corrected chi connectivity index (χ3v) is 7.21. The normalized spacial score (nSPS) is 26.4. The minimum absolute atomic E-state index is 0.0274. The number of carbonyl (C=O) groups excluding carboxylic acids is 1. The van der Waals surface area contributed by atoms with Crippen LogP contribution in [0, 0.1) is 17.1 Å². The molecule has 2 fully saturated rings. The summed E-state index contributed by atoms with van der Waals surface area (Å²) in [6, 6.07) is 5.37. The molecular formula is C14H11ClFN3O3S2. The Morgan fingerprint density at radius 1 is 1.50 bits per heavy atom. The smallest absolute Gasteiger partial charge is 0.262 e. The zero-order chi connectivity index (χ0) is 17.5. The van der Waals surface area contributed by atoms with Crippen LogP contribution in [0.5, 0.6) is 0 Å². The van der Waals surface area contributed by atoms with Gasteiger partial charge in [-0.2, -0.15) is 10.3 Å². The van der Waals surface area contributed by atoms with Crippen LogP contribution in [0.2, 0.25) is 5.02 Å². The first-order valence-electron chi connectivity index (χ1n) is 6.90. The van der Waals surface area contributed by atoms with Crippen LogP contribution in [0.3, 0.4) is 0 Å². The predicted octanol–water partition coefficient (Wildman–Crippen LogP) is 1.99. The molecule has 0 aromatic heterocycles. The molecule has 0 saturated carbocycles. The quantitative estimate of drug-likeness (QED) is 0.770. The number of aliphatic imine (C=N–C) groups is 1. The Morgan fingerprint density at radius 2 is 2.25 bits per heavy atom. The molecule has 1 aromatic carbocycles. The van der Waals surface area contributed by atoms with E-state index in [-0.39, 0.29) is 33.4 Å². The Bertz CT molecular complexity index is 882. The molecule has 2 aliphatic heterocycles. The zero-order valence-corrected chi connectivity index (χ0v) is 14.5. The topological polar surface area (TPSA) is 90.6 Å². The van der Waals surface area contributed by atoms with Gasteiger partial charge < -0.3 is 4.90 Å². The average Bonchev–Trinajstić information content (AvgIpc) is 2.93. The van der Waals surface area contributed by atoms with Crippen LogP contribution in [-0.2, 0) is 14.6 Å². The van der Waals surface area contributed by atoms with E-state index in [1.165, 1.54) is 12.1 Å². The Morgan fingerprint density at radius 3 is 2.92 bits per heavy atom. The Labute approximate surface area is 147 Å². The minimum Gasteiger partial charge on any atom is -0.315 e. The fourth-order valence-electron chi connectivity index (χ4n) is 2.72. The van der Waals surface area contributed by atoms with Gasteiger partial charge in [0.05, 0.1) is 28.6 Å². The summed E-state index contributed by atoms with van der Waals surface area (Å²) >= 11 is 6.85. The summed E-state index contributed by atoms with van der Waals surface area (Å²) < 4.78 is 37.6. The summed E-state index contributed by atoms with van der Waals surface area (Å²) in [7, 11) is -3.20. The van der Waals surface area contributed by atoms with Gasteiger partial charge in [0.25, 0.3) is 5.91 Å². The number of hydrogen-bond donors (Lipinski definition) is 0. The molecule has 0 bridgehead atoms. The Hall–Kier alpha value is -1.63. The van der Waals surface area contributed by atoms with Crippen molar-refractivity contribution in [3.63, 3.8) is 0 Å². The summed E-state index contributed by atoms with van der Waals surface area (Å²) in [4.78, 5) is 17.1. The Balaban J connectivity index is 2.03. The van der Waals surface area contributed by atoms with Gasteiger partial charge >= 0.3 is 0 Å². The van der Waals surface area contributed by atoms with E-state index >= 15 is 0 Å². The van der Waals surface area contributed by atoms with E-state index in [0.717, 1.165) is 11.8 Å². The largest absolute Gasteiger partial charge is 0.315 e. The van der Waals surface area contributed by atoms with E-state index in [1.807, 2.05) is 0 Å². The van der Waals surface area contributed by atoms with Crippen molar-refractivity contribution in [2.24, 2.45) is 4.99 Å². The van der Waals surface area contributed by atoms with E-state index in [1.54, 1.807) is 17.0 Å². The molecule has 2 atom stereocenters. The highest BCUT2D eigenvalue weighted by Gasteiger charge is 2.49. The first-order chi connectivity index (χ1) is 11.3. The molecule has 0 radical (unpaired) electrons. The van der Waals surface area contributed by atoms with Crippen molar-refractivity contribution in [3.05, 3.63) is 29.0 Å². The van der Waals surface area contributed by atoms with Gasteiger partial charge in [0.1, 0.15) is 12.2 Å². The fourth-order valence-corrected chi connectivity index (χ4v) is 6.76. The first kappa shape index (κ1) is 17.2. The van der Waals surface area contributed by atoms with Crippen LogP contribution < -0.4 is 4.90 Å². The lowest BCUT2D eigenvalue weighted by molar-refractivity contribution is -0.116. The predicted molar refractivity (Wildman–Crippen MR) is 90.4 cm³/mol. The molecule has 0 spiro atoms. The summed E-state index contributed by atoms with van der Waals surface area (Å²) in [6.07, 6.45) is -0.374. The molecule has 1 aromatic rings. The van der Waals surface area contributed by atoms with Crippen LogP contribution in [0.1, 0.15) is 6.42 Å². The number of amidine groups is 1. The molecule has 6 nitrogen and oxygen atoms in total. The van der Waals surface area contributed by atoms with Gasteiger partial charge in [-0.25, -0.2) is 12.8 Å². The highest BCUT2D eigenvalue weighted by Crippen LogP contribution is 2.41. The lowest BCUT2D eigenvalue weighted by Gasteiger charge is -2.24. The third-order valence-electron chi connectivity index (χ3n) is 3.70. The molecule has 0 N–H and O–H groups in total. The van der Waals surface area contributed by atoms with E-state index in [4.69, 9.17) is 16.9 Å². The minimum atomic E-state index is -3.20. The van der Waals surface area contributed by atoms with Gasteiger partial charge in [-0.15, -0.1) is 0 Å². The number of benzene rings is 1. The van der Waals surface area contributed by atoms with Crippen molar-refractivity contribution >= 4 is 50.0 Å². The van der Waals surface area contributed by atoms with Gasteiger partial charge in [0.2, 0.25) is 0 Å². The van der Waals surface area contributed by atoms with Crippen LogP contribution >= 0.6 is 23.4 Å². The average molecular weight is 388 g/mol. The van der Waals surface area contributed by atoms with E-state index in [2.05, 4.69) is 4.99 Å². The van der Waals surface area contributed by atoms with Gasteiger partial charge in [-0.05, 0) is 18.2 Å². The van der Waals surface area contributed by atoms with Crippen molar-refractivity contribution in [2.45, 2.75) is 17.7 Å². The Kier molecular flexibility index (Phi) is 4.55. The summed E-state index contributed by atoms with van der Waals surface area (Å²) in [5.74, 6) is -1.39. The number of rotatable bonds is 2. The number of anilines is 1. The first-order valence-corrected chi connectivity index (χ1v) is 9.98. The second kappa shape index (κ2) is 6.35. The van der Waals surface area contributed by atoms with Gasteiger partial charge in [0, 0.05) is 10.9 Å². The van der Waals surface area contributed by atoms with Gasteiger partial charge in [-0.1, -0.05) is 23.4 Å². The number of nitriles is 1. The molecule has 2 heterocycles. The molecule has 2 aliphatic rings. The summed E-state index contributed by atoms with van der Waals surface area (Å²) in [6.45, 7) is 0. The number of carbonyl (C=O) groups is 1. The van der Waals surface area contributed by atoms with Crippen LogP contribution in [0.15, 0.2) is 23.2 Å².